The lowest BCUT2D eigenvalue weighted by Gasteiger charge is -2.09. The fourth-order valence-corrected chi connectivity index (χ4v) is 3.35. The Hall–Kier alpha value is -3.12. The second-order valence-corrected chi connectivity index (χ2v) is 7.85. The van der Waals surface area contributed by atoms with Crippen molar-refractivity contribution >= 4 is 28.1 Å². The maximum Gasteiger partial charge on any atom is 0.277 e. The second kappa shape index (κ2) is 11.9. The van der Waals surface area contributed by atoms with Crippen LogP contribution < -0.4 is 14.9 Å². The van der Waals surface area contributed by atoms with Crippen LogP contribution in [0.3, 0.4) is 0 Å². The predicted molar refractivity (Wildman–Crippen MR) is 127 cm³/mol. The number of carbonyl (C=O) groups excluding carboxylic acids is 1. The van der Waals surface area contributed by atoms with E-state index in [0.29, 0.717) is 18.1 Å². The molecule has 3 aromatic rings. The lowest BCUT2D eigenvalue weighted by atomic mass is 10.1. The van der Waals surface area contributed by atoms with E-state index < -0.39 is 0 Å². The molecule has 5 nitrogen and oxygen atoms in total. The smallest absolute Gasteiger partial charge is 0.277 e. The summed E-state index contributed by atoms with van der Waals surface area (Å²) in [5.74, 6) is 1.01. The zero-order chi connectivity index (χ0) is 21.9. The van der Waals surface area contributed by atoms with E-state index in [2.05, 4.69) is 33.4 Å². The van der Waals surface area contributed by atoms with Crippen LogP contribution in [0.5, 0.6) is 11.5 Å². The summed E-state index contributed by atoms with van der Waals surface area (Å²) in [5.41, 5.74) is 5.56. The van der Waals surface area contributed by atoms with Crippen LogP contribution in [0.1, 0.15) is 30.0 Å². The maximum atomic E-state index is 12.0. The number of halogens is 1. The normalized spacial score (nSPS) is 10.8. The van der Waals surface area contributed by atoms with Crippen LogP contribution in [0.2, 0.25) is 0 Å². The molecular formula is C25H25BrN2O3. The molecule has 0 aliphatic heterocycles. The molecule has 0 aliphatic rings. The van der Waals surface area contributed by atoms with Gasteiger partial charge < -0.3 is 9.47 Å². The van der Waals surface area contributed by atoms with Crippen LogP contribution in [0.15, 0.2) is 82.4 Å². The number of aryl methyl sites for hydroxylation is 1. The van der Waals surface area contributed by atoms with Crippen molar-refractivity contribution < 1.29 is 14.3 Å². The minimum atomic E-state index is -0.332. The first-order valence-electron chi connectivity index (χ1n) is 10.1. The molecule has 0 aromatic heterocycles. The second-order valence-electron chi connectivity index (χ2n) is 6.93. The van der Waals surface area contributed by atoms with Gasteiger partial charge >= 0.3 is 0 Å². The number of nitrogens with one attached hydrogen (secondary N) is 1. The molecule has 0 unspecified atom stereocenters. The van der Waals surface area contributed by atoms with Crippen molar-refractivity contribution in [2.75, 3.05) is 6.61 Å². The average molecular weight is 481 g/mol. The maximum absolute atomic E-state index is 12.0. The molecule has 1 amide bonds. The Morgan fingerprint density at radius 2 is 1.81 bits per heavy atom. The molecule has 1 N–H and O–H groups in total. The van der Waals surface area contributed by atoms with E-state index in [1.807, 2.05) is 72.8 Å². The number of amides is 1. The Morgan fingerprint density at radius 1 is 1.00 bits per heavy atom. The zero-order valence-corrected chi connectivity index (χ0v) is 19.0. The number of nitrogens with zero attached hydrogens (tertiary/aromatic N) is 1. The zero-order valence-electron chi connectivity index (χ0n) is 17.4. The van der Waals surface area contributed by atoms with Gasteiger partial charge in [0.1, 0.15) is 18.1 Å². The minimum Gasteiger partial charge on any atom is -0.488 e. The van der Waals surface area contributed by atoms with Crippen molar-refractivity contribution in [3.05, 3.63) is 94.0 Å². The van der Waals surface area contributed by atoms with Gasteiger partial charge in [-0.25, -0.2) is 5.43 Å². The van der Waals surface area contributed by atoms with Gasteiger partial charge in [0.15, 0.2) is 6.61 Å². The standard InChI is InChI=1S/C25H25BrN2O3/c1-2-6-19-11-13-23(14-12-19)30-18-25(29)28-27-16-21-8-3-4-10-24(21)31-17-20-7-5-9-22(26)15-20/h3-5,7-16H,2,6,17-18H2,1H3,(H,28,29)/b27-16+. The largest absolute Gasteiger partial charge is 0.488 e. The highest BCUT2D eigenvalue weighted by Crippen LogP contribution is 2.19. The van der Waals surface area contributed by atoms with E-state index in [0.717, 1.165) is 28.4 Å². The van der Waals surface area contributed by atoms with E-state index in [1.165, 1.54) is 5.56 Å². The summed E-state index contributed by atoms with van der Waals surface area (Å²) in [7, 11) is 0. The summed E-state index contributed by atoms with van der Waals surface area (Å²) < 4.78 is 12.4. The van der Waals surface area contributed by atoms with Gasteiger partial charge in [-0.1, -0.05) is 65.7 Å². The Labute approximate surface area is 191 Å². The molecule has 0 aliphatic carbocycles. The van der Waals surface area contributed by atoms with E-state index >= 15 is 0 Å². The topological polar surface area (TPSA) is 59.9 Å². The van der Waals surface area contributed by atoms with Gasteiger partial charge in [-0.15, -0.1) is 0 Å². The first-order valence-corrected chi connectivity index (χ1v) is 10.9. The summed E-state index contributed by atoms with van der Waals surface area (Å²) in [6.45, 7) is 2.47. The summed E-state index contributed by atoms with van der Waals surface area (Å²) >= 11 is 3.46. The van der Waals surface area contributed by atoms with Gasteiger partial charge in [-0.05, 0) is 53.9 Å². The van der Waals surface area contributed by atoms with E-state index in [-0.39, 0.29) is 12.5 Å². The quantitative estimate of drug-likeness (QED) is 0.307. The molecule has 0 spiro atoms. The van der Waals surface area contributed by atoms with Crippen molar-refractivity contribution in [1.29, 1.82) is 0 Å². The number of carbonyl (C=O) groups is 1. The summed E-state index contributed by atoms with van der Waals surface area (Å²) in [4.78, 5) is 12.0. The van der Waals surface area contributed by atoms with E-state index in [4.69, 9.17) is 9.47 Å². The average Bonchev–Trinajstić information content (AvgIpc) is 2.78. The molecule has 0 radical (unpaired) electrons. The number of rotatable bonds is 10. The molecule has 0 bridgehead atoms. The van der Waals surface area contributed by atoms with Crippen molar-refractivity contribution in [2.45, 2.75) is 26.4 Å². The molecule has 0 saturated heterocycles. The number of hydrazone groups is 1. The van der Waals surface area contributed by atoms with Crippen LogP contribution in [0.4, 0.5) is 0 Å². The third-order valence-electron chi connectivity index (χ3n) is 4.43. The summed E-state index contributed by atoms with van der Waals surface area (Å²) in [6, 6.07) is 23.2. The van der Waals surface area contributed by atoms with Crippen LogP contribution in [-0.2, 0) is 17.8 Å². The van der Waals surface area contributed by atoms with Crippen molar-refractivity contribution in [3.8, 4) is 11.5 Å². The Balaban J connectivity index is 1.49. The molecular weight excluding hydrogens is 456 g/mol. The third-order valence-corrected chi connectivity index (χ3v) is 4.92. The van der Waals surface area contributed by atoms with E-state index in [1.54, 1.807) is 6.21 Å². The molecule has 3 aromatic carbocycles. The Morgan fingerprint density at radius 3 is 2.58 bits per heavy atom. The number of benzene rings is 3. The molecule has 3 rings (SSSR count). The van der Waals surface area contributed by atoms with Gasteiger partial charge in [0.05, 0.1) is 6.21 Å². The first-order chi connectivity index (χ1) is 15.1. The minimum absolute atomic E-state index is 0.106. The molecule has 0 fully saturated rings. The highest BCUT2D eigenvalue weighted by atomic mass is 79.9. The molecule has 31 heavy (non-hydrogen) atoms. The van der Waals surface area contributed by atoms with Gasteiger partial charge in [-0.3, -0.25) is 4.79 Å². The van der Waals surface area contributed by atoms with Crippen molar-refractivity contribution in [1.82, 2.24) is 5.43 Å². The Kier molecular flexibility index (Phi) is 8.67. The van der Waals surface area contributed by atoms with E-state index in [9.17, 15) is 4.79 Å². The van der Waals surface area contributed by atoms with Crippen molar-refractivity contribution in [3.63, 3.8) is 0 Å². The SMILES string of the molecule is CCCc1ccc(OCC(=O)N/N=C/c2ccccc2OCc2cccc(Br)c2)cc1. The Bertz CT molecular complexity index is 1020. The molecule has 0 atom stereocenters. The molecule has 160 valence electrons. The number of ether oxygens (including phenoxy) is 2. The lowest BCUT2D eigenvalue weighted by Crippen LogP contribution is -2.24. The third kappa shape index (κ3) is 7.57. The monoisotopic (exact) mass is 480 g/mol. The fourth-order valence-electron chi connectivity index (χ4n) is 2.90. The van der Waals surface area contributed by atoms with Crippen LogP contribution in [0.25, 0.3) is 0 Å². The first kappa shape index (κ1) is 22.6. The van der Waals surface area contributed by atoms with Crippen LogP contribution in [-0.4, -0.2) is 18.7 Å². The predicted octanol–water partition coefficient (Wildman–Crippen LogP) is 5.51. The molecule has 0 heterocycles. The number of hydrogen-bond donors (Lipinski definition) is 1. The highest BCUT2D eigenvalue weighted by Gasteiger charge is 2.04. The number of hydrogen-bond acceptors (Lipinski definition) is 4. The van der Waals surface area contributed by atoms with Crippen LogP contribution >= 0.6 is 15.9 Å². The fraction of sp³-hybridized carbons (Fsp3) is 0.200. The highest BCUT2D eigenvalue weighted by molar-refractivity contribution is 9.10. The van der Waals surface area contributed by atoms with Gasteiger partial charge in [0.2, 0.25) is 0 Å². The van der Waals surface area contributed by atoms with Gasteiger partial charge in [-0.2, -0.15) is 5.10 Å². The molecule has 6 heteroatoms. The van der Waals surface area contributed by atoms with Gasteiger partial charge in [0.25, 0.3) is 5.91 Å². The van der Waals surface area contributed by atoms with Crippen molar-refractivity contribution in [2.24, 2.45) is 5.10 Å². The summed E-state index contributed by atoms with van der Waals surface area (Å²) in [5, 5.41) is 4.03. The number of para-hydroxylation sites is 1. The lowest BCUT2D eigenvalue weighted by molar-refractivity contribution is -0.123. The molecule has 0 saturated carbocycles. The van der Waals surface area contributed by atoms with Crippen LogP contribution in [0, 0.1) is 0 Å². The van der Waals surface area contributed by atoms with Gasteiger partial charge in [0, 0.05) is 10.0 Å². The summed E-state index contributed by atoms with van der Waals surface area (Å²) in [6.07, 6.45) is 3.69.